The van der Waals surface area contributed by atoms with Gasteiger partial charge in [-0.1, -0.05) is 13.8 Å². The van der Waals surface area contributed by atoms with E-state index in [-0.39, 0.29) is 10.8 Å². The number of carboxylic acid groups (broad SMARTS) is 1. The molecule has 7 unspecified atom stereocenters. The van der Waals surface area contributed by atoms with Gasteiger partial charge in [-0.3, -0.25) is 0 Å². The summed E-state index contributed by atoms with van der Waals surface area (Å²) < 4.78 is 5.78. The summed E-state index contributed by atoms with van der Waals surface area (Å²) in [5, 5.41) is 20.4. The summed E-state index contributed by atoms with van der Waals surface area (Å²) in [6, 6.07) is 0. The highest BCUT2D eigenvalue weighted by Gasteiger charge is 2.96. The molecule has 2 N–H and O–H groups in total. The second kappa shape index (κ2) is 2.86. The first-order valence-corrected chi connectivity index (χ1v) is 7.39. The Labute approximate surface area is 113 Å². The maximum absolute atomic E-state index is 11.7. The van der Waals surface area contributed by atoms with Crippen LogP contribution in [-0.2, 0) is 9.53 Å². The first-order valence-electron chi connectivity index (χ1n) is 7.39. The van der Waals surface area contributed by atoms with Gasteiger partial charge in [0, 0.05) is 10.8 Å². The van der Waals surface area contributed by atoms with Crippen LogP contribution in [0.15, 0.2) is 0 Å². The molecule has 1 heterocycles. The van der Waals surface area contributed by atoms with E-state index in [1.165, 1.54) is 0 Å². The average molecular weight is 266 g/mol. The van der Waals surface area contributed by atoms with Crippen LogP contribution >= 0.6 is 0 Å². The maximum Gasteiger partial charge on any atom is 0.341 e. The van der Waals surface area contributed by atoms with E-state index in [0.717, 1.165) is 25.7 Å². The minimum atomic E-state index is -1.34. The molecule has 3 aliphatic carbocycles. The number of hydrogen-bond acceptors (Lipinski definition) is 3. The van der Waals surface area contributed by atoms with Crippen molar-refractivity contribution in [3.05, 3.63) is 0 Å². The van der Waals surface area contributed by atoms with Crippen LogP contribution in [0.5, 0.6) is 0 Å². The van der Waals surface area contributed by atoms with Crippen molar-refractivity contribution >= 4 is 5.97 Å². The third-order valence-corrected chi connectivity index (χ3v) is 7.50. The number of hydrogen-bond donors (Lipinski definition) is 2. The predicted molar refractivity (Wildman–Crippen MR) is 67.5 cm³/mol. The molecular weight excluding hydrogens is 244 g/mol. The van der Waals surface area contributed by atoms with Crippen LogP contribution in [0.4, 0.5) is 0 Å². The Hall–Kier alpha value is -0.610. The van der Waals surface area contributed by atoms with Gasteiger partial charge in [0.2, 0.25) is 5.60 Å². The Morgan fingerprint density at radius 3 is 2.58 bits per heavy atom. The smallest absolute Gasteiger partial charge is 0.341 e. The predicted octanol–water partition coefficient (Wildman–Crippen LogP) is 1.81. The number of fused-ring (bicyclic) bond motifs is 1. The first-order chi connectivity index (χ1) is 8.78. The SMILES string of the molecule is CC1CCC23C1CCC2(C)C(O)C1(C(=O)O)OC13C. The zero-order valence-electron chi connectivity index (χ0n) is 11.8. The molecule has 1 aliphatic heterocycles. The van der Waals surface area contributed by atoms with E-state index in [4.69, 9.17) is 4.74 Å². The maximum atomic E-state index is 11.7. The lowest BCUT2D eigenvalue weighted by Gasteiger charge is -2.45. The van der Waals surface area contributed by atoms with Crippen molar-refractivity contribution in [2.75, 3.05) is 0 Å². The highest BCUT2D eigenvalue weighted by Crippen LogP contribution is 2.84. The van der Waals surface area contributed by atoms with Gasteiger partial charge in [-0.25, -0.2) is 4.79 Å². The number of aliphatic hydroxyl groups excluding tert-OH is 1. The fraction of sp³-hybridized carbons (Fsp3) is 0.933. The van der Waals surface area contributed by atoms with Crippen molar-refractivity contribution in [3.8, 4) is 0 Å². The van der Waals surface area contributed by atoms with E-state index in [9.17, 15) is 15.0 Å². The molecule has 1 saturated heterocycles. The highest BCUT2D eigenvalue weighted by molar-refractivity contribution is 5.86. The summed E-state index contributed by atoms with van der Waals surface area (Å²) in [4.78, 5) is 11.7. The molecule has 0 radical (unpaired) electrons. The van der Waals surface area contributed by atoms with Crippen LogP contribution in [-0.4, -0.2) is 33.5 Å². The minimum Gasteiger partial charge on any atom is -0.479 e. The van der Waals surface area contributed by atoms with E-state index in [1.807, 2.05) is 6.92 Å². The third kappa shape index (κ3) is 0.831. The molecule has 4 aliphatic rings. The summed E-state index contributed by atoms with van der Waals surface area (Å²) in [7, 11) is 0. The topological polar surface area (TPSA) is 70.1 Å². The molecule has 19 heavy (non-hydrogen) atoms. The first kappa shape index (κ1) is 12.2. The quantitative estimate of drug-likeness (QED) is 0.710. The van der Waals surface area contributed by atoms with E-state index in [2.05, 4.69) is 13.8 Å². The van der Waals surface area contributed by atoms with Crippen LogP contribution in [0.25, 0.3) is 0 Å². The van der Waals surface area contributed by atoms with Crippen LogP contribution in [0.3, 0.4) is 0 Å². The highest BCUT2D eigenvalue weighted by atomic mass is 16.7. The molecule has 4 heteroatoms. The number of rotatable bonds is 1. The Bertz CT molecular complexity index is 491. The lowest BCUT2D eigenvalue weighted by molar-refractivity contribution is -0.155. The summed E-state index contributed by atoms with van der Waals surface area (Å²) in [6.07, 6.45) is 3.28. The number of epoxide rings is 1. The molecule has 4 fully saturated rings. The monoisotopic (exact) mass is 266 g/mol. The molecule has 0 amide bonds. The van der Waals surface area contributed by atoms with Crippen LogP contribution in [0.1, 0.15) is 46.5 Å². The van der Waals surface area contributed by atoms with E-state index < -0.39 is 23.3 Å². The van der Waals surface area contributed by atoms with E-state index in [1.54, 1.807) is 0 Å². The Morgan fingerprint density at radius 1 is 1.26 bits per heavy atom. The summed E-state index contributed by atoms with van der Waals surface area (Å²) >= 11 is 0. The Kier molecular flexibility index (Phi) is 1.83. The standard InChI is InChI=1S/C15H22O4/c1-8-4-7-14-9(8)5-6-12(14,2)10(16)15(11(17)18)13(14,3)19-15/h8-10,16H,4-7H2,1-3H3,(H,17,18). The van der Waals surface area contributed by atoms with Gasteiger partial charge in [-0.05, 0) is 44.4 Å². The fourth-order valence-electron chi connectivity index (χ4n) is 6.61. The second-order valence-corrected chi connectivity index (χ2v) is 7.63. The van der Waals surface area contributed by atoms with Crippen LogP contribution in [0.2, 0.25) is 0 Å². The number of aliphatic carboxylic acids is 1. The Morgan fingerprint density at radius 2 is 1.95 bits per heavy atom. The zero-order chi connectivity index (χ0) is 13.8. The van der Waals surface area contributed by atoms with Gasteiger partial charge in [0.1, 0.15) is 11.7 Å². The van der Waals surface area contributed by atoms with Crippen molar-refractivity contribution in [3.63, 3.8) is 0 Å². The molecule has 0 aromatic heterocycles. The Balaban J connectivity index is 1.94. The van der Waals surface area contributed by atoms with Crippen molar-refractivity contribution in [2.45, 2.75) is 63.8 Å². The van der Waals surface area contributed by atoms with Crippen molar-refractivity contribution in [2.24, 2.45) is 22.7 Å². The van der Waals surface area contributed by atoms with Crippen molar-refractivity contribution in [1.82, 2.24) is 0 Å². The van der Waals surface area contributed by atoms with Crippen LogP contribution < -0.4 is 0 Å². The van der Waals surface area contributed by atoms with Gasteiger partial charge in [0.15, 0.2) is 0 Å². The lowest BCUT2D eigenvalue weighted by atomic mass is 9.61. The average Bonchev–Trinajstić information content (AvgIpc) is 2.63. The molecule has 3 saturated carbocycles. The third-order valence-electron chi connectivity index (χ3n) is 7.50. The summed E-state index contributed by atoms with van der Waals surface area (Å²) in [5.41, 5.74) is -2.46. The number of carbonyl (C=O) groups is 1. The van der Waals surface area contributed by atoms with Crippen molar-refractivity contribution < 1.29 is 19.7 Å². The number of aliphatic hydroxyl groups is 1. The molecule has 0 aromatic rings. The molecule has 106 valence electrons. The molecule has 7 atom stereocenters. The summed E-state index contributed by atoms with van der Waals surface area (Å²) in [6.45, 7) is 6.30. The van der Waals surface area contributed by atoms with Crippen LogP contribution in [0, 0.1) is 22.7 Å². The second-order valence-electron chi connectivity index (χ2n) is 7.63. The molecule has 4 rings (SSSR count). The molecule has 1 spiro atoms. The fourth-order valence-corrected chi connectivity index (χ4v) is 6.61. The molecular formula is C15H22O4. The van der Waals surface area contributed by atoms with Gasteiger partial charge in [0.25, 0.3) is 0 Å². The molecule has 4 nitrogen and oxygen atoms in total. The molecule has 0 bridgehead atoms. The minimum absolute atomic E-state index is 0.142. The summed E-state index contributed by atoms with van der Waals surface area (Å²) in [5.74, 6) is 0.131. The normalized spacial score (nSPS) is 65.6. The number of ether oxygens (including phenoxy) is 1. The van der Waals surface area contributed by atoms with E-state index >= 15 is 0 Å². The van der Waals surface area contributed by atoms with Crippen molar-refractivity contribution in [1.29, 1.82) is 0 Å². The van der Waals surface area contributed by atoms with Gasteiger partial charge >= 0.3 is 5.97 Å². The van der Waals surface area contributed by atoms with Gasteiger partial charge in [0.05, 0.1) is 0 Å². The van der Waals surface area contributed by atoms with Gasteiger partial charge < -0.3 is 14.9 Å². The number of carboxylic acids is 1. The molecule has 0 aromatic carbocycles. The lowest BCUT2D eigenvalue weighted by Crippen LogP contribution is -2.47. The van der Waals surface area contributed by atoms with Gasteiger partial charge in [-0.2, -0.15) is 0 Å². The largest absolute Gasteiger partial charge is 0.479 e. The van der Waals surface area contributed by atoms with Gasteiger partial charge in [-0.15, -0.1) is 0 Å². The zero-order valence-corrected chi connectivity index (χ0v) is 11.8. The van der Waals surface area contributed by atoms with E-state index in [0.29, 0.717) is 11.8 Å².